The number of primary amides is 1. The number of carbonyl (C=O) groups is 2. The minimum absolute atomic E-state index is 0.00493. The van der Waals surface area contributed by atoms with Gasteiger partial charge in [0.05, 0.1) is 17.4 Å². The highest BCUT2D eigenvalue weighted by molar-refractivity contribution is 5.88. The molecule has 1 radical (unpaired) electrons. The molecule has 2 amide bonds. The topological polar surface area (TPSA) is 92.4 Å². The van der Waals surface area contributed by atoms with Crippen molar-refractivity contribution in [3.63, 3.8) is 0 Å². The molecule has 0 aromatic rings. The van der Waals surface area contributed by atoms with Gasteiger partial charge in [0.25, 0.3) is 0 Å². The fraction of sp³-hybridized carbons (Fsp3) is 0.786. The molecule has 5 nitrogen and oxygen atoms in total. The predicted molar refractivity (Wildman–Crippen MR) is 68.5 cm³/mol. The maximum absolute atomic E-state index is 12.4. The lowest BCUT2D eigenvalue weighted by molar-refractivity contribution is -0.156. The second-order valence-electron chi connectivity index (χ2n) is 6.60. The van der Waals surface area contributed by atoms with Crippen molar-refractivity contribution in [1.82, 2.24) is 5.32 Å². The van der Waals surface area contributed by atoms with Crippen LogP contribution < -0.4 is 11.1 Å². The van der Waals surface area contributed by atoms with Crippen LogP contribution in [0.5, 0.6) is 0 Å². The van der Waals surface area contributed by atoms with Gasteiger partial charge in [-0.15, -0.1) is 0 Å². The molecule has 0 aromatic heterocycles. The van der Waals surface area contributed by atoms with Crippen molar-refractivity contribution >= 4 is 11.8 Å². The summed E-state index contributed by atoms with van der Waals surface area (Å²) in [6, 6.07) is 0. The second kappa shape index (κ2) is 4.20. The normalized spacial score (nSPS) is 43.2. The number of amides is 2. The average molecular weight is 265 g/mol. The molecule has 4 fully saturated rings. The van der Waals surface area contributed by atoms with Crippen LogP contribution in [0, 0.1) is 29.1 Å². The van der Waals surface area contributed by atoms with E-state index in [9.17, 15) is 9.59 Å². The molecule has 0 spiro atoms. The largest absolute Gasteiger partial charge is 0.395 e. The summed E-state index contributed by atoms with van der Waals surface area (Å²) in [5.74, 6) is 0.495. The highest BCUT2D eigenvalue weighted by Crippen LogP contribution is 2.64. The number of nitrogens with one attached hydrogen (secondary N) is 1. The molecule has 4 saturated carbocycles. The Morgan fingerprint density at radius 3 is 2.79 bits per heavy atom. The van der Waals surface area contributed by atoms with Crippen molar-refractivity contribution in [3.8, 4) is 0 Å². The first-order valence-electron chi connectivity index (χ1n) is 7.05. The van der Waals surface area contributed by atoms with Gasteiger partial charge in [0.15, 0.2) is 0 Å². The molecule has 0 aromatic carbocycles. The van der Waals surface area contributed by atoms with Crippen molar-refractivity contribution in [2.45, 2.75) is 32.1 Å². The highest BCUT2D eigenvalue weighted by Gasteiger charge is 2.62. The zero-order valence-electron chi connectivity index (χ0n) is 11.0. The lowest BCUT2D eigenvalue weighted by atomic mass is 9.43. The first kappa shape index (κ1) is 12.9. The second-order valence-corrected chi connectivity index (χ2v) is 6.60. The molecule has 4 aliphatic carbocycles. The smallest absolute Gasteiger partial charge is 0.226 e. The summed E-state index contributed by atoms with van der Waals surface area (Å²) in [6.07, 6.45) is 6.26. The maximum Gasteiger partial charge on any atom is 0.226 e. The molecular formula is C14H21N2O3. The third-order valence-electron chi connectivity index (χ3n) is 5.20. The van der Waals surface area contributed by atoms with E-state index in [4.69, 9.17) is 10.8 Å². The van der Waals surface area contributed by atoms with Crippen LogP contribution in [-0.2, 0) is 9.59 Å². The van der Waals surface area contributed by atoms with Crippen molar-refractivity contribution in [2.75, 3.05) is 13.2 Å². The Morgan fingerprint density at radius 2 is 2.16 bits per heavy atom. The Balaban J connectivity index is 1.87. The van der Waals surface area contributed by atoms with Gasteiger partial charge in [-0.2, -0.15) is 0 Å². The number of nitrogens with two attached hydrogens (primary N) is 1. The van der Waals surface area contributed by atoms with E-state index in [1.165, 1.54) is 0 Å². The van der Waals surface area contributed by atoms with Crippen molar-refractivity contribution in [1.29, 1.82) is 0 Å². The third kappa shape index (κ3) is 1.86. The van der Waals surface area contributed by atoms with Gasteiger partial charge >= 0.3 is 0 Å². The van der Waals surface area contributed by atoms with Gasteiger partial charge in [0.2, 0.25) is 11.8 Å². The molecule has 105 valence electrons. The lowest BCUT2D eigenvalue weighted by Crippen LogP contribution is -2.61. The van der Waals surface area contributed by atoms with Crippen LogP contribution >= 0.6 is 0 Å². The van der Waals surface area contributed by atoms with E-state index in [1.807, 2.05) is 0 Å². The lowest BCUT2D eigenvalue weighted by Gasteiger charge is -2.59. The summed E-state index contributed by atoms with van der Waals surface area (Å²) in [5, 5.41) is 11.6. The summed E-state index contributed by atoms with van der Waals surface area (Å²) < 4.78 is 0. The van der Waals surface area contributed by atoms with Crippen LogP contribution in [0.2, 0.25) is 0 Å². The first-order chi connectivity index (χ1) is 9.00. The van der Waals surface area contributed by atoms with Gasteiger partial charge in [-0.3, -0.25) is 9.59 Å². The predicted octanol–water partition coefficient (Wildman–Crippen LogP) is -0.0190. The van der Waals surface area contributed by atoms with E-state index in [2.05, 4.69) is 11.7 Å². The van der Waals surface area contributed by atoms with E-state index >= 15 is 0 Å². The molecule has 5 heteroatoms. The Kier molecular flexibility index (Phi) is 2.85. The van der Waals surface area contributed by atoms with Gasteiger partial charge in [0, 0.05) is 6.54 Å². The number of hydrogen-bond donors (Lipinski definition) is 3. The van der Waals surface area contributed by atoms with Crippen LogP contribution in [0.4, 0.5) is 0 Å². The molecule has 0 saturated heterocycles. The Morgan fingerprint density at radius 1 is 1.37 bits per heavy atom. The molecule has 4 rings (SSSR count). The molecule has 4 N–H and O–H groups in total. The monoisotopic (exact) mass is 265 g/mol. The van der Waals surface area contributed by atoms with Crippen LogP contribution in [0.3, 0.4) is 0 Å². The quantitative estimate of drug-likeness (QED) is 0.667. The number of carbonyl (C=O) groups excluding carboxylic acids is 2. The highest BCUT2D eigenvalue weighted by atomic mass is 16.3. The van der Waals surface area contributed by atoms with E-state index in [-0.39, 0.29) is 25.0 Å². The van der Waals surface area contributed by atoms with E-state index in [0.29, 0.717) is 18.3 Å². The molecular weight excluding hydrogens is 244 g/mol. The number of rotatable bonds is 4. The zero-order valence-corrected chi connectivity index (χ0v) is 11.0. The molecule has 0 heterocycles. The summed E-state index contributed by atoms with van der Waals surface area (Å²) in [6.45, 7) is 0.227. The standard InChI is InChI=1S/C14H21N2O3/c15-11(18)13-4-9-3-10(5-13)7-14(6-9,8-13)12(19)16-1-2-17/h4,9-10,17H,1-3,5-8H2,(H2,15,18)(H,16,19). The van der Waals surface area contributed by atoms with Crippen molar-refractivity contribution in [2.24, 2.45) is 28.4 Å². The van der Waals surface area contributed by atoms with Gasteiger partial charge in [0.1, 0.15) is 0 Å². The molecule has 4 unspecified atom stereocenters. The molecule has 0 aliphatic heterocycles. The minimum atomic E-state index is -0.569. The first-order valence-corrected chi connectivity index (χ1v) is 7.05. The van der Waals surface area contributed by atoms with Gasteiger partial charge in [-0.1, -0.05) is 0 Å². The van der Waals surface area contributed by atoms with Crippen molar-refractivity contribution in [3.05, 3.63) is 6.42 Å². The van der Waals surface area contributed by atoms with E-state index in [1.54, 1.807) is 0 Å². The van der Waals surface area contributed by atoms with Gasteiger partial charge in [-0.25, -0.2) is 0 Å². The zero-order chi connectivity index (χ0) is 13.7. The van der Waals surface area contributed by atoms with Crippen LogP contribution in [-0.4, -0.2) is 30.1 Å². The van der Waals surface area contributed by atoms with E-state index < -0.39 is 10.8 Å². The Labute approximate surface area is 112 Å². The minimum Gasteiger partial charge on any atom is -0.395 e. The summed E-state index contributed by atoms with van der Waals surface area (Å²) in [7, 11) is 0. The average Bonchev–Trinajstić information content (AvgIpc) is 2.34. The van der Waals surface area contributed by atoms with E-state index in [0.717, 1.165) is 25.7 Å². The third-order valence-corrected chi connectivity index (χ3v) is 5.20. The molecule has 4 atom stereocenters. The van der Waals surface area contributed by atoms with Gasteiger partial charge in [-0.05, 0) is 50.4 Å². The molecule has 4 bridgehead atoms. The van der Waals surface area contributed by atoms with Gasteiger partial charge < -0.3 is 16.2 Å². The fourth-order valence-corrected chi connectivity index (χ4v) is 4.82. The number of hydrogen-bond acceptors (Lipinski definition) is 3. The number of aliphatic hydroxyl groups excluding tert-OH is 1. The molecule has 4 aliphatic rings. The summed E-state index contributed by atoms with van der Waals surface area (Å²) >= 11 is 0. The van der Waals surface area contributed by atoms with Crippen LogP contribution in [0.1, 0.15) is 32.1 Å². The number of aliphatic hydroxyl groups is 1. The SMILES string of the molecule is NC(=O)C12[CH]C3CC(C1)CC(C(=O)NCCO)(C3)C2. The Hall–Kier alpha value is -1.10. The summed E-state index contributed by atoms with van der Waals surface area (Å²) in [4.78, 5) is 24.3. The van der Waals surface area contributed by atoms with Crippen molar-refractivity contribution < 1.29 is 14.7 Å². The summed E-state index contributed by atoms with van der Waals surface area (Å²) in [5.41, 5.74) is 4.60. The maximum atomic E-state index is 12.4. The van der Waals surface area contributed by atoms with Crippen LogP contribution in [0.25, 0.3) is 0 Å². The Bertz CT molecular complexity index is 407. The fourth-order valence-electron chi connectivity index (χ4n) is 4.82. The van der Waals surface area contributed by atoms with Crippen LogP contribution in [0.15, 0.2) is 0 Å². The molecule has 19 heavy (non-hydrogen) atoms.